The molecular weight excluding hydrogens is 244 g/mol. The van der Waals surface area contributed by atoms with Gasteiger partial charge in [0.2, 0.25) is 0 Å². The molecule has 0 rings (SSSR count). The molecule has 0 heterocycles. The fourth-order valence-electron chi connectivity index (χ4n) is 1.61. The number of hydrogen-bond acceptors (Lipinski definition) is 2. The molecule has 4 nitrogen and oxygen atoms in total. The summed E-state index contributed by atoms with van der Waals surface area (Å²) in [5.74, 6) is -1.43. The normalized spacial score (nSPS) is 9.65. The Hall–Kier alpha value is -0.770. The molecule has 0 radical (unpaired) electrons. The molecule has 0 aliphatic heterocycles. The van der Waals surface area contributed by atoms with E-state index in [4.69, 9.17) is 10.2 Å². The molecule has 0 amide bonds. The van der Waals surface area contributed by atoms with E-state index in [9.17, 15) is 9.59 Å². The summed E-state index contributed by atoms with van der Waals surface area (Å²) in [5.41, 5.74) is 0. The van der Waals surface area contributed by atoms with Crippen LogP contribution in [0.5, 0.6) is 0 Å². The van der Waals surface area contributed by atoms with E-state index in [0.717, 1.165) is 51.4 Å². The Labute approximate surface area is 109 Å². The summed E-state index contributed by atoms with van der Waals surface area (Å²) in [4.78, 5) is 20.4. The van der Waals surface area contributed by atoms with E-state index in [1.807, 2.05) is 0 Å². The van der Waals surface area contributed by atoms with Crippen LogP contribution in [0.1, 0.15) is 64.2 Å². The fraction of sp³-hybridized carbons (Fsp3) is 0.833. The predicted molar refractivity (Wildman–Crippen MR) is 68.7 cm³/mol. The highest BCUT2D eigenvalue weighted by molar-refractivity contribution is 5.85. The fourth-order valence-corrected chi connectivity index (χ4v) is 1.61. The van der Waals surface area contributed by atoms with E-state index in [-0.39, 0.29) is 25.2 Å². The molecule has 0 atom stereocenters. The number of carboxylic acids is 2. The summed E-state index contributed by atoms with van der Waals surface area (Å²) in [7, 11) is 0. The minimum Gasteiger partial charge on any atom is -0.481 e. The summed E-state index contributed by atoms with van der Waals surface area (Å²) in [6.07, 6.45) is 8.51. The third-order valence-electron chi connectivity index (χ3n) is 2.53. The standard InChI is InChI=1S/C12H22O4.ClH/c13-11(14)9-7-5-3-1-2-4-6-8-10-12(15)16;/h1-10H2,(H,13,14)(H,15,16);1H. The van der Waals surface area contributed by atoms with Gasteiger partial charge in [-0.05, 0) is 12.8 Å². The van der Waals surface area contributed by atoms with Crippen molar-refractivity contribution in [3.63, 3.8) is 0 Å². The van der Waals surface area contributed by atoms with E-state index in [2.05, 4.69) is 0 Å². The Morgan fingerprint density at radius 2 is 0.824 bits per heavy atom. The molecule has 17 heavy (non-hydrogen) atoms. The number of hydrogen-bond donors (Lipinski definition) is 2. The lowest BCUT2D eigenvalue weighted by molar-refractivity contribution is -0.138. The van der Waals surface area contributed by atoms with Crippen LogP contribution in [-0.2, 0) is 9.59 Å². The van der Waals surface area contributed by atoms with Crippen molar-refractivity contribution in [2.24, 2.45) is 0 Å². The van der Waals surface area contributed by atoms with Gasteiger partial charge in [-0.1, -0.05) is 38.5 Å². The molecule has 0 saturated heterocycles. The average Bonchev–Trinajstić information content (AvgIpc) is 2.20. The van der Waals surface area contributed by atoms with E-state index in [0.29, 0.717) is 0 Å². The first-order valence-corrected chi connectivity index (χ1v) is 6.06. The quantitative estimate of drug-likeness (QED) is 0.562. The lowest BCUT2D eigenvalue weighted by Crippen LogP contribution is -1.94. The van der Waals surface area contributed by atoms with Crippen LogP contribution >= 0.6 is 12.4 Å². The molecule has 0 fully saturated rings. The van der Waals surface area contributed by atoms with Crippen molar-refractivity contribution in [2.45, 2.75) is 64.2 Å². The van der Waals surface area contributed by atoms with Crippen LogP contribution in [0.4, 0.5) is 0 Å². The van der Waals surface area contributed by atoms with Gasteiger partial charge >= 0.3 is 11.9 Å². The van der Waals surface area contributed by atoms with Gasteiger partial charge in [0.05, 0.1) is 0 Å². The van der Waals surface area contributed by atoms with Gasteiger partial charge in [-0.2, -0.15) is 0 Å². The van der Waals surface area contributed by atoms with E-state index in [1.54, 1.807) is 0 Å². The van der Waals surface area contributed by atoms with Gasteiger partial charge < -0.3 is 10.2 Å². The van der Waals surface area contributed by atoms with Gasteiger partial charge in [0.1, 0.15) is 0 Å². The van der Waals surface area contributed by atoms with Crippen LogP contribution in [0.2, 0.25) is 0 Å². The topological polar surface area (TPSA) is 74.6 Å². The number of carbonyl (C=O) groups is 2. The minimum atomic E-state index is -0.714. The summed E-state index contributed by atoms with van der Waals surface area (Å²) in [5, 5.41) is 16.8. The highest BCUT2D eigenvalue weighted by atomic mass is 35.5. The lowest BCUT2D eigenvalue weighted by atomic mass is 10.1. The average molecular weight is 267 g/mol. The maximum absolute atomic E-state index is 10.2. The van der Waals surface area contributed by atoms with Crippen LogP contribution in [0.15, 0.2) is 0 Å². The summed E-state index contributed by atoms with van der Waals surface area (Å²) >= 11 is 0. The molecule has 0 aromatic rings. The van der Waals surface area contributed by atoms with Gasteiger partial charge in [0, 0.05) is 12.8 Å². The Kier molecular flexibility index (Phi) is 14.5. The zero-order valence-corrected chi connectivity index (χ0v) is 11.0. The van der Waals surface area contributed by atoms with Crippen LogP contribution in [0, 0.1) is 0 Å². The summed E-state index contributed by atoms with van der Waals surface area (Å²) in [6.45, 7) is 0. The van der Waals surface area contributed by atoms with Gasteiger partial charge in [0.15, 0.2) is 0 Å². The Morgan fingerprint density at radius 1 is 0.588 bits per heavy atom. The highest BCUT2D eigenvalue weighted by Crippen LogP contribution is 2.10. The van der Waals surface area contributed by atoms with Crippen molar-refractivity contribution in [1.82, 2.24) is 0 Å². The van der Waals surface area contributed by atoms with Gasteiger partial charge in [-0.3, -0.25) is 9.59 Å². The Bertz CT molecular complexity index is 185. The first-order chi connectivity index (χ1) is 7.63. The molecule has 0 aromatic carbocycles. The molecule has 0 spiro atoms. The van der Waals surface area contributed by atoms with Crippen molar-refractivity contribution in [3.8, 4) is 0 Å². The van der Waals surface area contributed by atoms with Crippen LogP contribution < -0.4 is 0 Å². The van der Waals surface area contributed by atoms with Gasteiger partial charge in [-0.15, -0.1) is 12.4 Å². The Morgan fingerprint density at radius 3 is 1.06 bits per heavy atom. The second-order valence-corrected chi connectivity index (χ2v) is 4.12. The van der Waals surface area contributed by atoms with Crippen LogP contribution in [-0.4, -0.2) is 22.2 Å². The zero-order valence-electron chi connectivity index (χ0n) is 10.2. The smallest absolute Gasteiger partial charge is 0.303 e. The molecule has 102 valence electrons. The van der Waals surface area contributed by atoms with Crippen molar-refractivity contribution >= 4 is 24.3 Å². The van der Waals surface area contributed by atoms with E-state index >= 15 is 0 Å². The van der Waals surface area contributed by atoms with Gasteiger partial charge in [-0.25, -0.2) is 0 Å². The number of aliphatic carboxylic acids is 2. The van der Waals surface area contributed by atoms with Crippen LogP contribution in [0.25, 0.3) is 0 Å². The van der Waals surface area contributed by atoms with Crippen molar-refractivity contribution in [3.05, 3.63) is 0 Å². The molecule has 5 heteroatoms. The van der Waals surface area contributed by atoms with Crippen molar-refractivity contribution in [2.75, 3.05) is 0 Å². The molecule has 0 aromatic heterocycles. The number of carboxylic acid groups (broad SMARTS) is 2. The number of rotatable bonds is 11. The summed E-state index contributed by atoms with van der Waals surface area (Å²) < 4.78 is 0. The maximum Gasteiger partial charge on any atom is 0.303 e. The van der Waals surface area contributed by atoms with Crippen LogP contribution in [0.3, 0.4) is 0 Å². The highest BCUT2D eigenvalue weighted by Gasteiger charge is 1.98. The number of halogens is 1. The Balaban J connectivity index is 0. The molecular formula is C12H23ClO4. The molecule has 0 unspecified atom stereocenters. The third kappa shape index (κ3) is 17.8. The minimum absolute atomic E-state index is 0. The van der Waals surface area contributed by atoms with Gasteiger partial charge in [0.25, 0.3) is 0 Å². The first-order valence-electron chi connectivity index (χ1n) is 6.06. The molecule has 2 N–H and O–H groups in total. The lowest BCUT2D eigenvalue weighted by Gasteiger charge is -2.00. The van der Waals surface area contributed by atoms with Crippen molar-refractivity contribution < 1.29 is 19.8 Å². The summed E-state index contributed by atoms with van der Waals surface area (Å²) in [6, 6.07) is 0. The molecule has 0 aliphatic rings. The van der Waals surface area contributed by atoms with E-state index in [1.165, 1.54) is 0 Å². The molecule has 0 aliphatic carbocycles. The first kappa shape index (κ1) is 18.6. The van der Waals surface area contributed by atoms with Crippen molar-refractivity contribution in [1.29, 1.82) is 0 Å². The zero-order chi connectivity index (χ0) is 12.2. The monoisotopic (exact) mass is 266 g/mol. The second-order valence-electron chi connectivity index (χ2n) is 4.12. The third-order valence-corrected chi connectivity index (χ3v) is 2.53. The maximum atomic E-state index is 10.2. The SMILES string of the molecule is Cl.O=C(O)CCCCCCCCCCC(=O)O. The predicted octanol–water partition coefficient (Wildman–Crippen LogP) is 3.48. The number of unbranched alkanes of at least 4 members (excludes halogenated alkanes) is 7. The van der Waals surface area contributed by atoms with E-state index < -0.39 is 11.9 Å². The molecule has 0 bridgehead atoms. The second kappa shape index (κ2) is 13.3. The molecule has 0 saturated carbocycles. The largest absolute Gasteiger partial charge is 0.481 e.